The van der Waals surface area contributed by atoms with E-state index in [1.807, 2.05) is 17.9 Å². The van der Waals surface area contributed by atoms with Crippen molar-refractivity contribution in [1.82, 2.24) is 9.78 Å². The Morgan fingerprint density at radius 1 is 1.33 bits per heavy atom. The van der Waals surface area contributed by atoms with Crippen LogP contribution in [0.4, 0.5) is 5.69 Å². The molecule has 0 N–H and O–H groups in total. The van der Waals surface area contributed by atoms with E-state index in [4.69, 9.17) is 11.6 Å². The molecule has 5 heteroatoms. The zero-order valence-electron chi connectivity index (χ0n) is 14.6. The first-order chi connectivity index (χ1) is 11.5. The Labute approximate surface area is 148 Å². The number of fused-ring (bicyclic) bond motifs is 1. The maximum Gasteiger partial charge on any atom is 0.263 e. The minimum Gasteiger partial charge on any atom is -0.308 e. The molecule has 1 amide bonds. The number of amides is 1. The second kappa shape index (κ2) is 6.98. The van der Waals surface area contributed by atoms with E-state index in [-0.39, 0.29) is 5.91 Å². The lowest BCUT2D eigenvalue weighted by Crippen LogP contribution is -2.35. The lowest BCUT2D eigenvalue weighted by molar-refractivity contribution is 0.0984. The van der Waals surface area contributed by atoms with Crippen molar-refractivity contribution in [1.29, 1.82) is 0 Å². The van der Waals surface area contributed by atoms with Crippen LogP contribution in [0.15, 0.2) is 18.2 Å². The Morgan fingerprint density at radius 3 is 2.88 bits per heavy atom. The molecule has 0 spiro atoms. The van der Waals surface area contributed by atoms with Gasteiger partial charge in [0.2, 0.25) is 0 Å². The number of anilines is 1. The predicted molar refractivity (Wildman–Crippen MR) is 98.1 cm³/mol. The van der Waals surface area contributed by atoms with Crippen molar-refractivity contribution < 1.29 is 4.79 Å². The average Bonchev–Trinajstić information content (AvgIpc) is 2.85. The van der Waals surface area contributed by atoms with Crippen LogP contribution in [0, 0.1) is 13.8 Å². The first kappa shape index (κ1) is 17.0. The molecule has 0 atom stereocenters. The van der Waals surface area contributed by atoms with Crippen molar-refractivity contribution in [3.8, 4) is 0 Å². The van der Waals surface area contributed by atoms with Crippen LogP contribution in [0.1, 0.15) is 53.4 Å². The molecule has 0 saturated heterocycles. The third kappa shape index (κ3) is 3.07. The molecule has 0 radical (unpaired) electrons. The molecule has 1 aliphatic heterocycles. The van der Waals surface area contributed by atoms with Gasteiger partial charge in [-0.3, -0.25) is 9.48 Å². The topological polar surface area (TPSA) is 38.1 Å². The van der Waals surface area contributed by atoms with E-state index in [1.165, 1.54) is 11.1 Å². The molecule has 1 aliphatic rings. The molecule has 0 aliphatic carbocycles. The second-order valence-electron chi connectivity index (χ2n) is 6.52. The molecule has 0 bridgehead atoms. The van der Waals surface area contributed by atoms with Crippen molar-refractivity contribution in [2.45, 2.75) is 53.0 Å². The minimum absolute atomic E-state index is 0.0370. The highest BCUT2D eigenvalue weighted by Crippen LogP contribution is 2.31. The second-order valence-corrected chi connectivity index (χ2v) is 6.88. The van der Waals surface area contributed by atoms with Crippen LogP contribution in [0.2, 0.25) is 5.15 Å². The lowest BCUT2D eigenvalue weighted by atomic mass is 9.99. The van der Waals surface area contributed by atoms with Gasteiger partial charge in [-0.1, -0.05) is 42.6 Å². The van der Waals surface area contributed by atoms with Crippen molar-refractivity contribution in [3.05, 3.63) is 45.7 Å². The zero-order chi connectivity index (χ0) is 17.3. The third-order valence-electron chi connectivity index (χ3n) is 4.60. The Hall–Kier alpha value is -1.81. The van der Waals surface area contributed by atoms with Gasteiger partial charge in [-0.05, 0) is 44.7 Å². The molecule has 3 rings (SSSR count). The molecule has 4 nitrogen and oxygen atoms in total. The van der Waals surface area contributed by atoms with Crippen molar-refractivity contribution in [2.24, 2.45) is 0 Å². The standard InChI is InChI=1S/C19H24ClN3O/c1-4-5-11-23-18(20)17(14(3)21-23)19(24)22-10-6-7-15-12-13(2)8-9-16(15)22/h8-9,12H,4-7,10-11H2,1-3H3. The fourth-order valence-corrected chi connectivity index (χ4v) is 3.66. The van der Waals surface area contributed by atoms with Crippen LogP contribution in [0.25, 0.3) is 0 Å². The zero-order valence-corrected chi connectivity index (χ0v) is 15.4. The van der Waals surface area contributed by atoms with Crippen molar-refractivity contribution in [2.75, 3.05) is 11.4 Å². The SMILES string of the molecule is CCCCn1nc(C)c(C(=O)N2CCCc3cc(C)ccc32)c1Cl. The molecule has 1 aromatic carbocycles. The molecule has 2 aromatic rings. The first-order valence-electron chi connectivity index (χ1n) is 8.67. The fourth-order valence-electron chi connectivity index (χ4n) is 3.32. The highest BCUT2D eigenvalue weighted by molar-refractivity contribution is 6.33. The largest absolute Gasteiger partial charge is 0.308 e. The number of unbranched alkanes of at least 4 members (excludes halogenated alkanes) is 1. The van der Waals surface area contributed by atoms with Gasteiger partial charge in [0, 0.05) is 18.8 Å². The number of aromatic nitrogens is 2. The highest BCUT2D eigenvalue weighted by atomic mass is 35.5. The van der Waals surface area contributed by atoms with Crippen molar-refractivity contribution >= 4 is 23.2 Å². The molecule has 2 heterocycles. The smallest absolute Gasteiger partial charge is 0.263 e. The van der Waals surface area contributed by atoms with E-state index < -0.39 is 0 Å². The number of hydrogen-bond acceptors (Lipinski definition) is 2. The third-order valence-corrected chi connectivity index (χ3v) is 4.99. The van der Waals surface area contributed by atoms with E-state index in [9.17, 15) is 4.79 Å². The summed E-state index contributed by atoms with van der Waals surface area (Å²) in [6.07, 6.45) is 4.06. The van der Waals surface area contributed by atoms with E-state index >= 15 is 0 Å². The number of hydrogen-bond donors (Lipinski definition) is 0. The highest BCUT2D eigenvalue weighted by Gasteiger charge is 2.28. The fraction of sp³-hybridized carbons (Fsp3) is 0.474. The molecular weight excluding hydrogens is 322 g/mol. The summed E-state index contributed by atoms with van der Waals surface area (Å²) in [5.41, 5.74) is 4.72. The van der Waals surface area contributed by atoms with Crippen LogP contribution in [-0.4, -0.2) is 22.2 Å². The van der Waals surface area contributed by atoms with Crippen LogP contribution in [-0.2, 0) is 13.0 Å². The first-order valence-corrected chi connectivity index (χ1v) is 9.05. The molecule has 1 aromatic heterocycles. The van der Waals surface area contributed by atoms with Gasteiger partial charge in [-0.25, -0.2) is 0 Å². The number of halogens is 1. The van der Waals surface area contributed by atoms with Gasteiger partial charge in [0.05, 0.1) is 11.3 Å². The number of nitrogens with zero attached hydrogens (tertiary/aromatic N) is 3. The average molecular weight is 346 g/mol. The summed E-state index contributed by atoms with van der Waals surface area (Å²) in [5, 5.41) is 4.93. The number of aryl methyl sites for hydroxylation is 4. The summed E-state index contributed by atoms with van der Waals surface area (Å²) in [6, 6.07) is 6.28. The number of carbonyl (C=O) groups is 1. The van der Waals surface area contributed by atoms with Crippen LogP contribution in [0.5, 0.6) is 0 Å². The molecular formula is C19H24ClN3O. The monoisotopic (exact) mass is 345 g/mol. The maximum atomic E-state index is 13.2. The predicted octanol–water partition coefficient (Wildman–Crippen LogP) is 4.55. The molecule has 0 fully saturated rings. The number of benzene rings is 1. The molecule has 0 unspecified atom stereocenters. The summed E-state index contributed by atoms with van der Waals surface area (Å²) in [6.45, 7) is 7.55. The van der Waals surface area contributed by atoms with Gasteiger partial charge in [0.1, 0.15) is 5.15 Å². The van der Waals surface area contributed by atoms with Crippen LogP contribution < -0.4 is 4.90 Å². The maximum absolute atomic E-state index is 13.2. The van der Waals surface area contributed by atoms with Gasteiger partial charge >= 0.3 is 0 Å². The van der Waals surface area contributed by atoms with Gasteiger partial charge in [-0.15, -0.1) is 0 Å². The summed E-state index contributed by atoms with van der Waals surface area (Å²) >= 11 is 6.48. The summed E-state index contributed by atoms with van der Waals surface area (Å²) in [4.78, 5) is 15.0. The van der Waals surface area contributed by atoms with Crippen LogP contribution >= 0.6 is 11.6 Å². The summed E-state index contributed by atoms with van der Waals surface area (Å²) in [5.74, 6) is -0.0370. The summed E-state index contributed by atoms with van der Waals surface area (Å²) in [7, 11) is 0. The Morgan fingerprint density at radius 2 is 2.12 bits per heavy atom. The van der Waals surface area contributed by atoms with Gasteiger partial charge in [0.15, 0.2) is 0 Å². The summed E-state index contributed by atoms with van der Waals surface area (Å²) < 4.78 is 1.76. The number of carbonyl (C=O) groups excluding carboxylic acids is 1. The Kier molecular flexibility index (Phi) is 4.95. The van der Waals surface area contributed by atoms with E-state index in [0.29, 0.717) is 16.4 Å². The van der Waals surface area contributed by atoms with Gasteiger partial charge in [0.25, 0.3) is 5.91 Å². The molecule has 128 valence electrons. The van der Waals surface area contributed by atoms with Crippen LogP contribution in [0.3, 0.4) is 0 Å². The molecule has 0 saturated carbocycles. The van der Waals surface area contributed by atoms with E-state index in [1.54, 1.807) is 4.68 Å². The van der Waals surface area contributed by atoms with Gasteiger partial charge < -0.3 is 4.90 Å². The lowest BCUT2D eigenvalue weighted by Gasteiger charge is -2.29. The Balaban J connectivity index is 1.95. The number of rotatable bonds is 4. The Bertz CT molecular complexity index is 766. The van der Waals surface area contributed by atoms with E-state index in [0.717, 1.165) is 44.5 Å². The van der Waals surface area contributed by atoms with Crippen molar-refractivity contribution in [3.63, 3.8) is 0 Å². The van der Waals surface area contributed by atoms with E-state index in [2.05, 4.69) is 31.1 Å². The quantitative estimate of drug-likeness (QED) is 0.815. The van der Waals surface area contributed by atoms with Gasteiger partial charge in [-0.2, -0.15) is 5.10 Å². The normalized spacial score (nSPS) is 13.9. The minimum atomic E-state index is -0.0370. The molecule has 24 heavy (non-hydrogen) atoms.